The molecule has 25 heavy (non-hydrogen) atoms. The monoisotopic (exact) mass is 338 g/mol. The molecule has 0 radical (unpaired) electrons. The zero-order valence-corrected chi connectivity index (χ0v) is 14.3. The number of hydrogen-bond acceptors (Lipinski definition) is 5. The minimum atomic E-state index is -0.499. The Morgan fingerprint density at radius 3 is 2.56 bits per heavy atom. The third-order valence-corrected chi connectivity index (χ3v) is 4.11. The summed E-state index contributed by atoms with van der Waals surface area (Å²) in [6.45, 7) is 1.72. The quantitative estimate of drug-likeness (QED) is 0.684. The number of carbonyl (C=O) groups excluding carboxylic acids is 2. The SMILES string of the molecule is COC(=O)c1c(COC(=O)c2cccn2C)nc2ccccc2c1C. The van der Waals surface area contributed by atoms with Gasteiger partial charge in [0, 0.05) is 18.6 Å². The predicted molar refractivity (Wildman–Crippen MR) is 92.4 cm³/mol. The molecule has 2 aromatic heterocycles. The number of para-hydroxylation sites is 1. The van der Waals surface area contributed by atoms with Crippen LogP contribution < -0.4 is 0 Å². The van der Waals surface area contributed by atoms with Crippen LogP contribution in [0.2, 0.25) is 0 Å². The van der Waals surface area contributed by atoms with Crippen molar-refractivity contribution in [3.63, 3.8) is 0 Å². The third kappa shape index (κ3) is 3.10. The average molecular weight is 338 g/mol. The van der Waals surface area contributed by atoms with Crippen molar-refractivity contribution in [1.29, 1.82) is 0 Å². The molecule has 0 aliphatic carbocycles. The van der Waals surface area contributed by atoms with Crippen molar-refractivity contribution in [3.05, 3.63) is 65.1 Å². The molecule has 0 unspecified atom stereocenters. The van der Waals surface area contributed by atoms with Gasteiger partial charge < -0.3 is 14.0 Å². The van der Waals surface area contributed by atoms with Gasteiger partial charge >= 0.3 is 11.9 Å². The molecule has 6 nitrogen and oxygen atoms in total. The number of benzene rings is 1. The Kier molecular flexibility index (Phi) is 4.52. The van der Waals surface area contributed by atoms with Crippen molar-refractivity contribution in [2.45, 2.75) is 13.5 Å². The fourth-order valence-corrected chi connectivity index (χ4v) is 2.80. The van der Waals surface area contributed by atoms with Crippen LogP contribution in [0.3, 0.4) is 0 Å². The number of nitrogens with zero attached hydrogens (tertiary/aromatic N) is 2. The number of hydrogen-bond donors (Lipinski definition) is 0. The Morgan fingerprint density at radius 2 is 1.88 bits per heavy atom. The Labute approximate surface area is 145 Å². The van der Waals surface area contributed by atoms with Crippen LogP contribution in [-0.2, 0) is 23.1 Å². The van der Waals surface area contributed by atoms with Gasteiger partial charge in [0.15, 0.2) is 0 Å². The first-order chi connectivity index (χ1) is 12.0. The zero-order valence-electron chi connectivity index (χ0n) is 14.3. The molecule has 1 aromatic carbocycles. The van der Waals surface area contributed by atoms with Gasteiger partial charge in [0.25, 0.3) is 0 Å². The number of ether oxygens (including phenoxy) is 2. The molecule has 0 bridgehead atoms. The van der Waals surface area contributed by atoms with Crippen LogP contribution >= 0.6 is 0 Å². The van der Waals surface area contributed by atoms with Gasteiger partial charge in [-0.1, -0.05) is 18.2 Å². The molecule has 0 fully saturated rings. The van der Waals surface area contributed by atoms with E-state index in [4.69, 9.17) is 9.47 Å². The number of fused-ring (bicyclic) bond motifs is 1. The molecular weight excluding hydrogens is 320 g/mol. The van der Waals surface area contributed by atoms with Gasteiger partial charge in [-0.3, -0.25) is 0 Å². The summed E-state index contributed by atoms with van der Waals surface area (Å²) >= 11 is 0. The highest BCUT2D eigenvalue weighted by Crippen LogP contribution is 2.24. The normalized spacial score (nSPS) is 10.7. The number of aryl methyl sites for hydroxylation is 2. The topological polar surface area (TPSA) is 70.4 Å². The van der Waals surface area contributed by atoms with Crippen molar-refractivity contribution < 1.29 is 19.1 Å². The highest BCUT2D eigenvalue weighted by Gasteiger charge is 2.21. The fourth-order valence-electron chi connectivity index (χ4n) is 2.80. The van der Waals surface area contributed by atoms with Crippen molar-refractivity contribution in [1.82, 2.24) is 9.55 Å². The molecular formula is C19H18N2O4. The summed E-state index contributed by atoms with van der Waals surface area (Å²) in [5.41, 5.74) is 2.63. The second kappa shape index (κ2) is 6.76. The Balaban J connectivity index is 1.98. The number of rotatable bonds is 4. The minimum Gasteiger partial charge on any atom is -0.465 e. The Hall–Kier alpha value is -3.15. The molecule has 3 rings (SSSR count). The lowest BCUT2D eigenvalue weighted by molar-refractivity contribution is 0.0445. The van der Waals surface area contributed by atoms with Crippen LogP contribution in [0.15, 0.2) is 42.6 Å². The molecule has 6 heteroatoms. The maximum Gasteiger partial charge on any atom is 0.355 e. The highest BCUT2D eigenvalue weighted by atomic mass is 16.5. The zero-order chi connectivity index (χ0) is 18.0. The summed E-state index contributed by atoms with van der Waals surface area (Å²) < 4.78 is 11.9. The van der Waals surface area contributed by atoms with Crippen molar-refractivity contribution >= 4 is 22.8 Å². The van der Waals surface area contributed by atoms with E-state index in [1.54, 1.807) is 29.9 Å². The molecule has 0 atom stereocenters. The molecule has 0 amide bonds. The van der Waals surface area contributed by atoms with E-state index < -0.39 is 11.9 Å². The molecule has 0 spiro atoms. The molecule has 128 valence electrons. The lowest BCUT2D eigenvalue weighted by atomic mass is 10.0. The van der Waals surface area contributed by atoms with Gasteiger partial charge in [0.1, 0.15) is 12.3 Å². The molecule has 2 heterocycles. The van der Waals surface area contributed by atoms with E-state index in [0.717, 1.165) is 16.5 Å². The van der Waals surface area contributed by atoms with Gasteiger partial charge in [-0.05, 0) is 30.7 Å². The second-order valence-electron chi connectivity index (χ2n) is 5.65. The highest BCUT2D eigenvalue weighted by molar-refractivity contribution is 5.98. The molecule has 0 aliphatic rings. The van der Waals surface area contributed by atoms with Gasteiger partial charge in [0.2, 0.25) is 0 Å². The Bertz CT molecular complexity index is 959. The largest absolute Gasteiger partial charge is 0.465 e. The third-order valence-electron chi connectivity index (χ3n) is 4.11. The first kappa shape index (κ1) is 16.7. The fraction of sp³-hybridized carbons (Fsp3) is 0.211. The molecule has 0 aliphatic heterocycles. The van der Waals surface area contributed by atoms with Crippen molar-refractivity contribution in [2.24, 2.45) is 7.05 Å². The van der Waals surface area contributed by atoms with Crippen LogP contribution in [0, 0.1) is 6.92 Å². The summed E-state index contributed by atoms with van der Waals surface area (Å²) in [5.74, 6) is -0.975. The second-order valence-corrected chi connectivity index (χ2v) is 5.65. The Morgan fingerprint density at radius 1 is 1.12 bits per heavy atom. The van der Waals surface area contributed by atoms with Crippen LogP contribution in [0.1, 0.15) is 32.1 Å². The van der Waals surface area contributed by atoms with Crippen LogP contribution in [0.4, 0.5) is 0 Å². The maximum absolute atomic E-state index is 12.2. The molecule has 0 N–H and O–H groups in total. The summed E-state index contributed by atoms with van der Waals surface area (Å²) in [4.78, 5) is 28.9. The van der Waals surface area contributed by atoms with Crippen LogP contribution in [0.25, 0.3) is 10.9 Å². The number of esters is 2. The van der Waals surface area contributed by atoms with Crippen LogP contribution in [-0.4, -0.2) is 28.6 Å². The summed E-state index contributed by atoms with van der Waals surface area (Å²) in [5, 5.41) is 0.861. The summed E-state index contributed by atoms with van der Waals surface area (Å²) in [7, 11) is 3.08. The lowest BCUT2D eigenvalue weighted by Gasteiger charge is -2.13. The van der Waals surface area contributed by atoms with E-state index in [1.807, 2.05) is 31.2 Å². The van der Waals surface area contributed by atoms with Crippen molar-refractivity contribution in [3.8, 4) is 0 Å². The first-order valence-corrected chi connectivity index (χ1v) is 7.78. The summed E-state index contributed by atoms with van der Waals surface area (Å²) in [6, 6.07) is 10.9. The van der Waals surface area contributed by atoms with E-state index in [0.29, 0.717) is 17.0 Å². The first-order valence-electron chi connectivity index (χ1n) is 7.78. The predicted octanol–water partition coefficient (Wildman–Crippen LogP) is 3.03. The molecule has 0 saturated heterocycles. The lowest BCUT2D eigenvalue weighted by Crippen LogP contribution is -2.15. The van der Waals surface area contributed by atoms with E-state index in [1.165, 1.54) is 7.11 Å². The van der Waals surface area contributed by atoms with E-state index in [2.05, 4.69) is 4.98 Å². The number of aromatic nitrogens is 2. The van der Waals surface area contributed by atoms with Crippen molar-refractivity contribution in [2.75, 3.05) is 7.11 Å². The van der Waals surface area contributed by atoms with Gasteiger partial charge in [-0.15, -0.1) is 0 Å². The van der Waals surface area contributed by atoms with Crippen LogP contribution in [0.5, 0.6) is 0 Å². The number of methoxy groups -OCH3 is 1. The maximum atomic E-state index is 12.2. The van der Waals surface area contributed by atoms with Gasteiger partial charge in [-0.25, -0.2) is 14.6 Å². The van der Waals surface area contributed by atoms with E-state index >= 15 is 0 Å². The van der Waals surface area contributed by atoms with E-state index in [9.17, 15) is 9.59 Å². The number of carbonyl (C=O) groups is 2. The molecule has 3 aromatic rings. The smallest absolute Gasteiger partial charge is 0.355 e. The minimum absolute atomic E-state index is 0.111. The summed E-state index contributed by atoms with van der Waals surface area (Å²) in [6.07, 6.45) is 1.76. The standard InChI is InChI=1S/C19H18N2O4/c1-12-13-7-4-5-8-14(13)20-15(17(12)19(23)24-3)11-25-18(22)16-9-6-10-21(16)2/h4-10H,11H2,1-3H3. The number of pyridine rings is 1. The van der Waals surface area contributed by atoms with Gasteiger partial charge in [0.05, 0.1) is 23.9 Å². The average Bonchev–Trinajstić information content (AvgIpc) is 3.05. The van der Waals surface area contributed by atoms with E-state index in [-0.39, 0.29) is 6.61 Å². The van der Waals surface area contributed by atoms with Gasteiger partial charge in [-0.2, -0.15) is 0 Å². The molecule has 0 saturated carbocycles.